The maximum atomic E-state index is 6.08. The van der Waals surface area contributed by atoms with E-state index in [1.807, 2.05) is 18.2 Å². The van der Waals surface area contributed by atoms with Crippen molar-refractivity contribution in [2.75, 3.05) is 11.4 Å². The molecule has 0 aliphatic rings. The molecule has 0 unspecified atom stereocenters. The SMILES string of the molecule is CCC(CC)N(CC(C)C)c1ccc(Cl)cc1C(N)=S. The highest BCUT2D eigenvalue weighted by Gasteiger charge is 2.20. The minimum absolute atomic E-state index is 0.405. The van der Waals surface area contributed by atoms with Crippen molar-refractivity contribution in [3.05, 3.63) is 28.8 Å². The van der Waals surface area contributed by atoms with Gasteiger partial charge in [0, 0.05) is 28.9 Å². The number of thiocarbonyl (C=S) groups is 1. The molecule has 0 atom stereocenters. The van der Waals surface area contributed by atoms with Gasteiger partial charge in [-0.3, -0.25) is 0 Å². The lowest BCUT2D eigenvalue weighted by Crippen LogP contribution is -2.38. The van der Waals surface area contributed by atoms with Crippen molar-refractivity contribution >= 4 is 34.5 Å². The number of benzene rings is 1. The van der Waals surface area contributed by atoms with Crippen molar-refractivity contribution in [2.24, 2.45) is 11.7 Å². The standard InChI is InChI=1S/C16H25ClN2S/c1-5-13(6-2)19(10-11(3)4)15-8-7-12(17)9-14(15)16(18)20/h7-9,11,13H,5-6,10H2,1-4H3,(H2,18,20). The van der Waals surface area contributed by atoms with Gasteiger partial charge in [-0.05, 0) is 37.0 Å². The molecular weight excluding hydrogens is 288 g/mol. The molecule has 0 aromatic heterocycles. The van der Waals surface area contributed by atoms with Crippen LogP contribution in [0.4, 0.5) is 5.69 Å². The molecule has 0 fully saturated rings. The van der Waals surface area contributed by atoms with Gasteiger partial charge in [0.05, 0.1) is 0 Å². The lowest BCUT2D eigenvalue weighted by molar-refractivity contribution is 0.507. The second kappa shape index (κ2) is 7.84. The highest BCUT2D eigenvalue weighted by atomic mass is 35.5. The fraction of sp³-hybridized carbons (Fsp3) is 0.562. The molecule has 2 N–H and O–H groups in total. The van der Waals surface area contributed by atoms with Gasteiger partial charge in [-0.1, -0.05) is 51.5 Å². The zero-order chi connectivity index (χ0) is 15.3. The van der Waals surface area contributed by atoms with Crippen LogP contribution >= 0.6 is 23.8 Å². The molecular formula is C16H25ClN2S. The minimum Gasteiger partial charge on any atom is -0.389 e. The Morgan fingerprint density at radius 2 is 1.90 bits per heavy atom. The average molecular weight is 313 g/mol. The van der Waals surface area contributed by atoms with Gasteiger partial charge in [0.1, 0.15) is 4.99 Å². The van der Waals surface area contributed by atoms with Crippen LogP contribution in [0.2, 0.25) is 5.02 Å². The van der Waals surface area contributed by atoms with E-state index < -0.39 is 0 Å². The van der Waals surface area contributed by atoms with E-state index in [1.54, 1.807) is 0 Å². The summed E-state index contributed by atoms with van der Waals surface area (Å²) in [6.45, 7) is 9.89. The van der Waals surface area contributed by atoms with Crippen LogP contribution in [0.15, 0.2) is 18.2 Å². The average Bonchev–Trinajstić information content (AvgIpc) is 2.38. The lowest BCUT2D eigenvalue weighted by Gasteiger charge is -2.35. The van der Waals surface area contributed by atoms with Gasteiger partial charge in [-0.15, -0.1) is 0 Å². The lowest BCUT2D eigenvalue weighted by atomic mass is 10.0. The van der Waals surface area contributed by atoms with Crippen molar-refractivity contribution < 1.29 is 0 Å². The quantitative estimate of drug-likeness (QED) is 0.745. The molecule has 0 radical (unpaired) electrons. The number of nitrogens with two attached hydrogens (primary N) is 1. The summed E-state index contributed by atoms with van der Waals surface area (Å²) >= 11 is 11.3. The van der Waals surface area contributed by atoms with E-state index in [9.17, 15) is 0 Å². The Labute approximate surface area is 133 Å². The van der Waals surface area contributed by atoms with Gasteiger partial charge in [0.2, 0.25) is 0 Å². The summed E-state index contributed by atoms with van der Waals surface area (Å²) in [6, 6.07) is 6.31. The van der Waals surface area contributed by atoms with Gasteiger partial charge in [-0.25, -0.2) is 0 Å². The number of rotatable bonds is 7. The minimum atomic E-state index is 0.405. The summed E-state index contributed by atoms with van der Waals surface area (Å²) in [5.41, 5.74) is 7.86. The number of hydrogen-bond donors (Lipinski definition) is 1. The molecule has 0 amide bonds. The zero-order valence-corrected chi connectivity index (χ0v) is 14.4. The topological polar surface area (TPSA) is 29.3 Å². The Morgan fingerprint density at radius 1 is 1.30 bits per heavy atom. The largest absolute Gasteiger partial charge is 0.389 e. The first-order valence-electron chi connectivity index (χ1n) is 7.26. The first kappa shape index (κ1) is 17.3. The third-order valence-electron chi connectivity index (χ3n) is 3.48. The Balaban J connectivity index is 3.28. The Bertz CT molecular complexity index is 456. The molecule has 0 spiro atoms. The number of hydrogen-bond acceptors (Lipinski definition) is 2. The summed E-state index contributed by atoms with van der Waals surface area (Å²) in [5.74, 6) is 0.575. The van der Waals surface area contributed by atoms with Crippen molar-refractivity contribution in [3.63, 3.8) is 0 Å². The van der Waals surface area contributed by atoms with E-state index in [-0.39, 0.29) is 0 Å². The Kier molecular flexibility index (Phi) is 6.77. The predicted molar refractivity (Wildman–Crippen MR) is 93.9 cm³/mol. The van der Waals surface area contributed by atoms with E-state index in [1.165, 1.54) is 0 Å². The maximum absolute atomic E-state index is 6.08. The van der Waals surface area contributed by atoms with E-state index >= 15 is 0 Å². The number of anilines is 1. The van der Waals surface area contributed by atoms with Crippen LogP contribution in [0.3, 0.4) is 0 Å². The molecule has 2 nitrogen and oxygen atoms in total. The van der Waals surface area contributed by atoms with E-state index in [0.717, 1.165) is 30.6 Å². The fourth-order valence-corrected chi connectivity index (χ4v) is 2.86. The van der Waals surface area contributed by atoms with Gasteiger partial charge >= 0.3 is 0 Å². The van der Waals surface area contributed by atoms with Crippen molar-refractivity contribution in [2.45, 2.75) is 46.6 Å². The molecule has 1 aromatic carbocycles. The smallest absolute Gasteiger partial charge is 0.106 e. The van der Waals surface area contributed by atoms with Crippen molar-refractivity contribution in [1.29, 1.82) is 0 Å². The van der Waals surface area contributed by atoms with Gasteiger partial charge < -0.3 is 10.6 Å². The summed E-state index contributed by atoms with van der Waals surface area (Å²) in [5, 5.41) is 0.672. The summed E-state index contributed by atoms with van der Waals surface area (Å²) in [7, 11) is 0. The first-order valence-corrected chi connectivity index (χ1v) is 8.05. The molecule has 0 saturated carbocycles. The monoisotopic (exact) mass is 312 g/mol. The number of halogens is 1. The predicted octanol–water partition coefficient (Wildman–Crippen LogP) is 4.63. The van der Waals surface area contributed by atoms with E-state index in [4.69, 9.17) is 29.6 Å². The molecule has 112 valence electrons. The molecule has 0 bridgehead atoms. The molecule has 20 heavy (non-hydrogen) atoms. The van der Waals surface area contributed by atoms with Crippen molar-refractivity contribution in [1.82, 2.24) is 0 Å². The van der Waals surface area contributed by atoms with Crippen LogP contribution in [0, 0.1) is 5.92 Å². The van der Waals surface area contributed by atoms with E-state index in [0.29, 0.717) is 22.0 Å². The molecule has 0 aliphatic carbocycles. The highest BCUT2D eigenvalue weighted by molar-refractivity contribution is 7.80. The first-order chi connectivity index (χ1) is 9.40. The van der Waals surface area contributed by atoms with Gasteiger partial charge in [0.25, 0.3) is 0 Å². The number of nitrogens with zero attached hydrogens (tertiary/aromatic N) is 1. The van der Waals surface area contributed by atoms with E-state index in [2.05, 4.69) is 32.6 Å². The molecule has 1 aromatic rings. The maximum Gasteiger partial charge on any atom is 0.106 e. The normalized spacial score (nSPS) is 11.2. The zero-order valence-electron chi connectivity index (χ0n) is 12.8. The van der Waals surface area contributed by atoms with Crippen molar-refractivity contribution in [3.8, 4) is 0 Å². The molecule has 0 aliphatic heterocycles. The molecule has 4 heteroatoms. The van der Waals surface area contributed by atoms with Gasteiger partial charge in [-0.2, -0.15) is 0 Å². The summed E-state index contributed by atoms with van der Waals surface area (Å²) < 4.78 is 0. The summed E-state index contributed by atoms with van der Waals surface area (Å²) in [6.07, 6.45) is 2.20. The third-order valence-corrected chi connectivity index (χ3v) is 3.93. The molecule has 0 saturated heterocycles. The van der Waals surface area contributed by atoms with Gasteiger partial charge in [0.15, 0.2) is 0 Å². The second-order valence-electron chi connectivity index (χ2n) is 5.54. The Morgan fingerprint density at radius 3 is 2.35 bits per heavy atom. The molecule has 0 heterocycles. The summed E-state index contributed by atoms with van der Waals surface area (Å²) in [4.78, 5) is 2.83. The van der Waals surface area contributed by atoms with Crippen LogP contribution in [0.1, 0.15) is 46.1 Å². The highest BCUT2D eigenvalue weighted by Crippen LogP contribution is 2.28. The third kappa shape index (κ3) is 4.35. The van der Waals surface area contributed by atoms with Crippen LogP contribution in [0.25, 0.3) is 0 Å². The fourth-order valence-electron chi connectivity index (χ4n) is 2.52. The van der Waals surface area contributed by atoms with Crippen LogP contribution in [-0.2, 0) is 0 Å². The van der Waals surface area contributed by atoms with Crippen LogP contribution in [0.5, 0.6) is 0 Å². The van der Waals surface area contributed by atoms with Crippen LogP contribution < -0.4 is 10.6 Å². The Hall–Kier alpha value is -0.800. The molecule has 1 rings (SSSR count). The van der Waals surface area contributed by atoms with Crippen LogP contribution in [-0.4, -0.2) is 17.6 Å². The second-order valence-corrected chi connectivity index (χ2v) is 6.42.